The Balaban J connectivity index is 2.43. The molecular formula is C26H40N6O5S. The Morgan fingerprint density at radius 3 is 2.32 bits per heavy atom. The Hall–Kier alpha value is -3.12. The van der Waals surface area contributed by atoms with Crippen molar-refractivity contribution in [1.29, 1.82) is 0 Å². The summed E-state index contributed by atoms with van der Waals surface area (Å²) < 4.78 is 0. The Morgan fingerprint density at radius 2 is 1.71 bits per heavy atom. The van der Waals surface area contributed by atoms with Crippen LogP contribution >= 0.6 is 11.8 Å². The Labute approximate surface area is 228 Å². The zero-order valence-electron chi connectivity index (χ0n) is 22.5. The van der Waals surface area contributed by atoms with Gasteiger partial charge in [0.15, 0.2) is 0 Å². The van der Waals surface area contributed by atoms with Gasteiger partial charge in [0, 0.05) is 6.54 Å². The van der Waals surface area contributed by atoms with Crippen molar-refractivity contribution in [3.63, 3.8) is 0 Å². The first kappa shape index (κ1) is 31.1. The Kier molecular flexibility index (Phi) is 12.5. The molecule has 1 fully saturated rings. The fraction of sp³-hybridized carbons (Fsp3) is 0.577. The lowest BCUT2D eigenvalue weighted by molar-refractivity contribution is -0.137. The predicted molar refractivity (Wildman–Crippen MR) is 147 cm³/mol. The quantitative estimate of drug-likeness (QED) is 0.304. The van der Waals surface area contributed by atoms with E-state index in [0.29, 0.717) is 18.6 Å². The van der Waals surface area contributed by atoms with Gasteiger partial charge >= 0.3 is 0 Å². The minimum absolute atomic E-state index is 0.0135. The van der Waals surface area contributed by atoms with E-state index in [1.807, 2.05) is 36.6 Å². The van der Waals surface area contributed by atoms with Gasteiger partial charge in [-0.15, -0.1) is 0 Å². The van der Waals surface area contributed by atoms with Crippen LogP contribution in [0.25, 0.3) is 0 Å². The molecule has 11 nitrogen and oxygen atoms in total. The molecule has 0 unspecified atom stereocenters. The smallest absolute Gasteiger partial charge is 0.243 e. The van der Waals surface area contributed by atoms with Gasteiger partial charge in [-0.2, -0.15) is 11.8 Å². The van der Waals surface area contributed by atoms with Gasteiger partial charge in [0.2, 0.25) is 29.5 Å². The van der Waals surface area contributed by atoms with Crippen molar-refractivity contribution in [3.05, 3.63) is 35.9 Å². The van der Waals surface area contributed by atoms with Crippen LogP contribution in [-0.2, 0) is 30.4 Å². The molecule has 1 aromatic rings. The maximum Gasteiger partial charge on any atom is 0.243 e. The van der Waals surface area contributed by atoms with E-state index in [4.69, 9.17) is 5.73 Å². The maximum absolute atomic E-state index is 13.1. The molecule has 0 radical (unpaired) electrons. The summed E-state index contributed by atoms with van der Waals surface area (Å²) in [6.07, 6.45) is 2.62. The summed E-state index contributed by atoms with van der Waals surface area (Å²) in [7, 11) is 0. The molecule has 210 valence electrons. The largest absolute Gasteiger partial charge is 0.349 e. The van der Waals surface area contributed by atoms with Crippen LogP contribution in [0.5, 0.6) is 0 Å². The topological polar surface area (TPSA) is 163 Å². The highest BCUT2D eigenvalue weighted by atomic mass is 32.2. The monoisotopic (exact) mass is 548 g/mol. The number of nitrogens with one attached hydrogen (secondary N) is 4. The van der Waals surface area contributed by atoms with Crippen LogP contribution in [0.2, 0.25) is 0 Å². The van der Waals surface area contributed by atoms with E-state index in [1.54, 1.807) is 20.8 Å². The first-order valence-corrected chi connectivity index (χ1v) is 14.2. The zero-order chi connectivity index (χ0) is 28.2. The highest BCUT2D eigenvalue weighted by molar-refractivity contribution is 7.98. The van der Waals surface area contributed by atoms with Crippen molar-refractivity contribution in [3.8, 4) is 0 Å². The number of nitrogens with zero attached hydrogens (tertiary/aromatic N) is 1. The standard InChI is InChI=1S/C26H40N6O5S/c1-16(2)23-26(37)30-20(10-11-38-4)25(36)28-17(3)24(35)29-19(12-18-8-6-5-7-9-18)14-32(22(34)13-27)15-21(33)31-23/h5-9,16-17,19-20,23H,10-15,27H2,1-4H3,(H,28,36)(H,29,35)(H,30,37)(H,31,33)/t17-,19+,20-,23-/m0/s1. The van der Waals surface area contributed by atoms with Gasteiger partial charge < -0.3 is 31.9 Å². The van der Waals surface area contributed by atoms with Crippen LogP contribution in [0.15, 0.2) is 30.3 Å². The molecule has 5 amide bonds. The molecule has 0 bridgehead atoms. The third-order valence-electron chi connectivity index (χ3n) is 6.24. The molecule has 0 spiro atoms. The SMILES string of the molecule is CSCC[C@@H]1NC(=O)[C@H](C(C)C)NC(=O)CN(C(=O)CN)C[C@@H](Cc2ccccc2)NC(=O)[C@H](C)NC1=O. The average molecular weight is 549 g/mol. The van der Waals surface area contributed by atoms with E-state index in [0.717, 1.165) is 5.56 Å². The van der Waals surface area contributed by atoms with E-state index >= 15 is 0 Å². The van der Waals surface area contributed by atoms with Crippen LogP contribution in [0.4, 0.5) is 0 Å². The summed E-state index contributed by atoms with van der Waals surface area (Å²) in [6.45, 7) is 4.47. The number of thioether (sulfide) groups is 1. The number of rotatable bonds is 7. The minimum atomic E-state index is -0.927. The molecule has 1 saturated heterocycles. The van der Waals surface area contributed by atoms with Gasteiger partial charge in [0.05, 0.1) is 19.1 Å². The van der Waals surface area contributed by atoms with E-state index in [2.05, 4.69) is 21.3 Å². The number of nitrogens with two attached hydrogens (primary N) is 1. The first-order valence-electron chi connectivity index (χ1n) is 12.8. The molecule has 38 heavy (non-hydrogen) atoms. The second kappa shape index (κ2) is 15.3. The molecule has 1 aliphatic heterocycles. The van der Waals surface area contributed by atoms with E-state index in [-0.39, 0.29) is 25.6 Å². The van der Waals surface area contributed by atoms with Crippen LogP contribution in [0.3, 0.4) is 0 Å². The van der Waals surface area contributed by atoms with Crippen LogP contribution in [0, 0.1) is 5.92 Å². The van der Waals surface area contributed by atoms with Crippen molar-refractivity contribution in [2.45, 2.75) is 57.8 Å². The average Bonchev–Trinajstić information content (AvgIpc) is 2.88. The molecule has 4 atom stereocenters. The summed E-state index contributed by atoms with van der Waals surface area (Å²) in [6, 6.07) is 6.13. The maximum atomic E-state index is 13.1. The molecule has 2 rings (SSSR count). The van der Waals surface area contributed by atoms with Crippen molar-refractivity contribution >= 4 is 41.3 Å². The van der Waals surface area contributed by atoms with Gasteiger partial charge in [-0.05, 0) is 43.3 Å². The number of hydrogen-bond donors (Lipinski definition) is 5. The van der Waals surface area contributed by atoms with E-state index < -0.39 is 53.7 Å². The molecule has 0 aromatic heterocycles. The third-order valence-corrected chi connectivity index (χ3v) is 6.88. The molecular weight excluding hydrogens is 508 g/mol. The first-order chi connectivity index (χ1) is 18.0. The van der Waals surface area contributed by atoms with E-state index in [9.17, 15) is 24.0 Å². The molecule has 1 heterocycles. The zero-order valence-corrected chi connectivity index (χ0v) is 23.3. The summed E-state index contributed by atoms with van der Waals surface area (Å²) in [5.74, 6) is -2.15. The van der Waals surface area contributed by atoms with Crippen LogP contribution in [-0.4, -0.2) is 90.2 Å². The molecule has 12 heteroatoms. The number of carbonyl (C=O) groups is 5. The summed E-state index contributed by atoms with van der Waals surface area (Å²) in [5.41, 5.74) is 6.54. The number of amides is 5. The third kappa shape index (κ3) is 9.64. The Morgan fingerprint density at radius 1 is 1.03 bits per heavy atom. The summed E-state index contributed by atoms with van der Waals surface area (Å²) in [5, 5.41) is 11.1. The lowest BCUT2D eigenvalue weighted by atomic mass is 10.0. The van der Waals surface area contributed by atoms with Crippen LogP contribution in [0.1, 0.15) is 32.8 Å². The number of benzene rings is 1. The molecule has 0 saturated carbocycles. The highest BCUT2D eigenvalue weighted by Crippen LogP contribution is 2.09. The van der Waals surface area contributed by atoms with Crippen molar-refractivity contribution in [2.24, 2.45) is 11.7 Å². The lowest BCUT2D eigenvalue weighted by Crippen LogP contribution is -2.57. The van der Waals surface area contributed by atoms with Crippen molar-refractivity contribution < 1.29 is 24.0 Å². The van der Waals surface area contributed by atoms with Gasteiger partial charge in [0.25, 0.3) is 0 Å². The van der Waals surface area contributed by atoms with Crippen molar-refractivity contribution in [1.82, 2.24) is 26.2 Å². The highest BCUT2D eigenvalue weighted by Gasteiger charge is 2.32. The molecule has 1 aromatic carbocycles. The summed E-state index contributed by atoms with van der Waals surface area (Å²) >= 11 is 1.52. The van der Waals surface area contributed by atoms with E-state index in [1.165, 1.54) is 16.7 Å². The fourth-order valence-corrected chi connectivity index (χ4v) is 4.58. The number of carbonyl (C=O) groups excluding carboxylic acids is 5. The Bertz CT molecular complexity index is 976. The fourth-order valence-electron chi connectivity index (χ4n) is 4.11. The van der Waals surface area contributed by atoms with Gasteiger partial charge in [-0.3, -0.25) is 24.0 Å². The van der Waals surface area contributed by atoms with Gasteiger partial charge in [-0.1, -0.05) is 44.2 Å². The predicted octanol–water partition coefficient (Wildman–Crippen LogP) is -0.602. The van der Waals surface area contributed by atoms with Gasteiger partial charge in [0.1, 0.15) is 18.1 Å². The van der Waals surface area contributed by atoms with Crippen LogP contribution < -0.4 is 27.0 Å². The van der Waals surface area contributed by atoms with Crippen molar-refractivity contribution in [2.75, 3.05) is 31.6 Å². The lowest BCUT2D eigenvalue weighted by Gasteiger charge is -2.29. The molecule has 1 aliphatic rings. The van der Waals surface area contributed by atoms with Gasteiger partial charge in [-0.25, -0.2) is 0 Å². The normalized spacial score (nSPS) is 24.0. The molecule has 0 aliphatic carbocycles. The second-order valence-electron chi connectivity index (χ2n) is 9.74. The number of hydrogen-bond acceptors (Lipinski definition) is 7. The second-order valence-corrected chi connectivity index (χ2v) is 10.7. The minimum Gasteiger partial charge on any atom is -0.349 e. The molecule has 6 N–H and O–H groups in total. The summed E-state index contributed by atoms with van der Waals surface area (Å²) in [4.78, 5) is 66.3.